The van der Waals surface area contributed by atoms with E-state index in [9.17, 15) is 4.91 Å². The Labute approximate surface area is 152 Å². The molecule has 1 heterocycles. The molecule has 2 aromatic rings. The summed E-state index contributed by atoms with van der Waals surface area (Å²) in [4.78, 5) is 19.5. The van der Waals surface area contributed by atoms with Gasteiger partial charge in [0.2, 0.25) is 11.6 Å². The number of hydrogen-bond acceptors (Lipinski definition) is 8. The third kappa shape index (κ3) is 4.38. The van der Waals surface area contributed by atoms with Crippen LogP contribution in [0.5, 0.6) is 11.6 Å². The summed E-state index contributed by atoms with van der Waals surface area (Å²) in [6.45, 7) is 0.501. The Morgan fingerprint density at radius 3 is 2.58 bits per heavy atom. The molecule has 0 bridgehead atoms. The van der Waals surface area contributed by atoms with Gasteiger partial charge in [-0.1, -0.05) is 19.3 Å². The van der Waals surface area contributed by atoms with Crippen LogP contribution in [0.4, 0.5) is 23.1 Å². The lowest BCUT2D eigenvalue weighted by atomic mass is 9.90. The number of benzene rings is 1. The first kappa shape index (κ1) is 17.9. The second-order valence-electron chi connectivity index (χ2n) is 6.35. The zero-order valence-corrected chi connectivity index (χ0v) is 14.8. The first-order valence-corrected chi connectivity index (χ1v) is 8.74. The second-order valence-corrected chi connectivity index (χ2v) is 6.35. The molecule has 138 valence electrons. The third-order valence-electron chi connectivity index (χ3n) is 4.50. The SMILES string of the molecule is COc1ccc(Nc2nc(N)c(N=O)c(OCC3CCCCC3)n2)cc1. The number of nitrogens with zero attached hydrogens (tertiary/aromatic N) is 3. The summed E-state index contributed by atoms with van der Waals surface area (Å²) in [6, 6.07) is 7.28. The van der Waals surface area contributed by atoms with E-state index in [1.807, 2.05) is 24.3 Å². The van der Waals surface area contributed by atoms with E-state index in [-0.39, 0.29) is 23.3 Å². The normalized spacial score (nSPS) is 14.7. The highest BCUT2D eigenvalue weighted by atomic mass is 16.5. The molecule has 0 saturated heterocycles. The van der Waals surface area contributed by atoms with Gasteiger partial charge in [-0.25, -0.2) is 0 Å². The summed E-state index contributed by atoms with van der Waals surface area (Å²) in [6.07, 6.45) is 5.95. The van der Waals surface area contributed by atoms with E-state index in [1.54, 1.807) is 7.11 Å². The number of nitrogen functional groups attached to an aromatic ring is 1. The Kier molecular flexibility index (Phi) is 5.83. The molecule has 1 saturated carbocycles. The van der Waals surface area contributed by atoms with E-state index in [2.05, 4.69) is 20.5 Å². The molecule has 0 atom stereocenters. The predicted octanol–water partition coefficient (Wildman–Crippen LogP) is 4.17. The Hall–Kier alpha value is -2.90. The molecule has 1 aromatic heterocycles. The maximum atomic E-state index is 11.1. The quantitative estimate of drug-likeness (QED) is 0.715. The highest BCUT2D eigenvalue weighted by Crippen LogP contribution is 2.33. The lowest BCUT2D eigenvalue weighted by molar-refractivity contribution is 0.203. The summed E-state index contributed by atoms with van der Waals surface area (Å²) in [5, 5.41) is 5.98. The number of anilines is 3. The summed E-state index contributed by atoms with van der Waals surface area (Å²) >= 11 is 0. The van der Waals surface area contributed by atoms with Crippen molar-refractivity contribution in [3.8, 4) is 11.6 Å². The van der Waals surface area contributed by atoms with E-state index < -0.39 is 0 Å². The number of hydrogen-bond donors (Lipinski definition) is 2. The maximum absolute atomic E-state index is 11.1. The molecule has 0 aliphatic heterocycles. The average Bonchev–Trinajstić information content (AvgIpc) is 2.67. The van der Waals surface area contributed by atoms with Gasteiger partial charge in [0.05, 0.1) is 13.7 Å². The van der Waals surface area contributed by atoms with E-state index in [0.29, 0.717) is 12.5 Å². The number of rotatable bonds is 7. The minimum atomic E-state index is -0.0545. The van der Waals surface area contributed by atoms with E-state index >= 15 is 0 Å². The van der Waals surface area contributed by atoms with Gasteiger partial charge in [-0.15, -0.1) is 4.91 Å². The number of nitroso groups, excluding NO2 is 1. The van der Waals surface area contributed by atoms with Gasteiger partial charge < -0.3 is 20.5 Å². The Morgan fingerprint density at radius 1 is 1.19 bits per heavy atom. The van der Waals surface area contributed by atoms with Crippen molar-refractivity contribution in [2.45, 2.75) is 32.1 Å². The molecule has 3 rings (SSSR count). The third-order valence-corrected chi connectivity index (χ3v) is 4.50. The second kappa shape index (κ2) is 8.46. The molecule has 0 amide bonds. The molecular formula is C18H23N5O3. The Balaban J connectivity index is 1.75. The number of nitrogens with one attached hydrogen (secondary N) is 1. The first-order chi connectivity index (χ1) is 12.7. The van der Waals surface area contributed by atoms with Crippen LogP contribution in [0.1, 0.15) is 32.1 Å². The molecule has 8 heteroatoms. The fourth-order valence-electron chi connectivity index (χ4n) is 3.05. The van der Waals surface area contributed by atoms with Gasteiger partial charge in [-0.05, 0) is 48.2 Å². The minimum absolute atomic E-state index is 0.00958. The zero-order valence-electron chi connectivity index (χ0n) is 14.8. The van der Waals surface area contributed by atoms with Crippen LogP contribution < -0.4 is 20.5 Å². The molecule has 0 radical (unpaired) electrons. The Bertz CT molecular complexity index is 745. The van der Waals surface area contributed by atoms with Gasteiger partial charge in [0.25, 0.3) is 5.88 Å². The number of nitrogens with two attached hydrogens (primary N) is 1. The lowest BCUT2D eigenvalue weighted by Gasteiger charge is -2.21. The Morgan fingerprint density at radius 2 is 1.92 bits per heavy atom. The van der Waals surface area contributed by atoms with Crippen molar-refractivity contribution in [1.29, 1.82) is 0 Å². The average molecular weight is 357 g/mol. The highest BCUT2D eigenvalue weighted by Gasteiger charge is 2.19. The van der Waals surface area contributed by atoms with Gasteiger partial charge in [-0.3, -0.25) is 0 Å². The van der Waals surface area contributed by atoms with Gasteiger partial charge in [0.15, 0.2) is 5.82 Å². The maximum Gasteiger partial charge on any atom is 0.250 e. The summed E-state index contributed by atoms with van der Waals surface area (Å²) in [5.41, 5.74) is 6.56. The number of aromatic nitrogens is 2. The zero-order chi connectivity index (χ0) is 18.4. The molecule has 26 heavy (non-hydrogen) atoms. The number of ether oxygens (including phenoxy) is 2. The molecule has 1 fully saturated rings. The monoisotopic (exact) mass is 357 g/mol. The molecule has 8 nitrogen and oxygen atoms in total. The van der Waals surface area contributed by atoms with Gasteiger partial charge in [-0.2, -0.15) is 9.97 Å². The van der Waals surface area contributed by atoms with Gasteiger partial charge in [0, 0.05) is 5.69 Å². The van der Waals surface area contributed by atoms with Crippen molar-refractivity contribution >= 4 is 23.1 Å². The van der Waals surface area contributed by atoms with Crippen molar-refractivity contribution in [1.82, 2.24) is 9.97 Å². The van der Waals surface area contributed by atoms with Crippen LogP contribution in [0.15, 0.2) is 29.4 Å². The van der Waals surface area contributed by atoms with Crippen LogP contribution in [0.3, 0.4) is 0 Å². The molecular weight excluding hydrogens is 334 g/mol. The summed E-state index contributed by atoms with van der Waals surface area (Å²) in [7, 11) is 1.60. The lowest BCUT2D eigenvalue weighted by Crippen LogP contribution is -2.16. The van der Waals surface area contributed by atoms with Crippen molar-refractivity contribution in [2.24, 2.45) is 11.1 Å². The topological polar surface area (TPSA) is 112 Å². The van der Waals surface area contributed by atoms with E-state index in [0.717, 1.165) is 24.3 Å². The largest absolute Gasteiger partial charge is 0.497 e. The highest BCUT2D eigenvalue weighted by molar-refractivity contribution is 5.67. The molecule has 0 unspecified atom stereocenters. The van der Waals surface area contributed by atoms with Gasteiger partial charge in [0.1, 0.15) is 5.75 Å². The van der Waals surface area contributed by atoms with Crippen molar-refractivity contribution in [2.75, 3.05) is 24.8 Å². The van der Waals surface area contributed by atoms with Crippen LogP contribution in [0, 0.1) is 10.8 Å². The fourth-order valence-corrected chi connectivity index (χ4v) is 3.05. The first-order valence-electron chi connectivity index (χ1n) is 8.74. The molecule has 1 aromatic carbocycles. The molecule has 1 aliphatic rings. The molecule has 3 N–H and O–H groups in total. The van der Waals surface area contributed by atoms with E-state index in [4.69, 9.17) is 15.2 Å². The van der Waals surface area contributed by atoms with Crippen molar-refractivity contribution in [3.05, 3.63) is 29.2 Å². The fraction of sp³-hybridized carbons (Fsp3) is 0.444. The van der Waals surface area contributed by atoms with E-state index in [1.165, 1.54) is 19.3 Å². The molecule has 0 spiro atoms. The van der Waals surface area contributed by atoms with Crippen LogP contribution in [-0.4, -0.2) is 23.7 Å². The van der Waals surface area contributed by atoms with Crippen LogP contribution in [0.2, 0.25) is 0 Å². The number of methoxy groups -OCH3 is 1. The predicted molar refractivity (Wildman–Crippen MR) is 100 cm³/mol. The van der Waals surface area contributed by atoms with Crippen LogP contribution >= 0.6 is 0 Å². The molecule has 1 aliphatic carbocycles. The standard InChI is InChI=1S/C18H23N5O3/c1-25-14-9-7-13(8-10-14)20-18-21-16(19)15(23-24)17(22-18)26-11-12-5-3-2-4-6-12/h7-10,12H,2-6,11H2,1H3,(H3,19,20,21,22). The summed E-state index contributed by atoms with van der Waals surface area (Å²) in [5.74, 6) is 1.57. The van der Waals surface area contributed by atoms with Crippen molar-refractivity contribution in [3.63, 3.8) is 0 Å². The van der Waals surface area contributed by atoms with Crippen molar-refractivity contribution < 1.29 is 9.47 Å². The smallest absolute Gasteiger partial charge is 0.250 e. The van der Waals surface area contributed by atoms with Crippen LogP contribution in [-0.2, 0) is 0 Å². The van der Waals surface area contributed by atoms with Crippen LogP contribution in [0.25, 0.3) is 0 Å². The minimum Gasteiger partial charge on any atom is -0.497 e. The summed E-state index contributed by atoms with van der Waals surface area (Å²) < 4.78 is 10.9. The van der Waals surface area contributed by atoms with Gasteiger partial charge >= 0.3 is 0 Å².